The van der Waals surface area contributed by atoms with E-state index < -0.39 is 28.9 Å². The molecule has 1 N–H and O–H groups in total. The predicted molar refractivity (Wildman–Crippen MR) is 106 cm³/mol. The van der Waals surface area contributed by atoms with E-state index in [9.17, 15) is 5.11 Å². The molecule has 7 heteroatoms. The van der Waals surface area contributed by atoms with Gasteiger partial charge in [0, 0.05) is 11.8 Å². The van der Waals surface area contributed by atoms with E-state index in [1.54, 1.807) is 7.11 Å². The SMILES string of the molecule is COc1cc(C=NC2CC3CCC2C3)c(O)c([Si](C)(C)C)c1.[Cl][Zr][Cl]. The average Bonchev–Trinajstić information content (AvgIpc) is 3.16. The van der Waals surface area contributed by atoms with E-state index in [1.807, 2.05) is 18.3 Å². The zero-order valence-electron chi connectivity index (χ0n) is 15.4. The molecule has 0 spiro atoms. The second-order valence-electron chi connectivity index (χ2n) is 7.95. The molecule has 1 aromatic carbocycles. The first-order chi connectivity index (χ1) is 11.8. The second-order valence-corrected chi connectivity index (χ2v) is 16.7. The van der Waals surface area contributed by atoms with Gasteiger partial charge in [-0.1, -0.05) is 26.1 Å². The summed E-state index contributed by atoms with van der Waals surface area (Å²) >= 11 is -0.826. The van der Waals surface area contributed by atoms with Crippen LogP contribution in [0.15, 0.2) is 17.1 Å². The molecule has 1 aromatic rings. The Bertz CT molecular complexity index is 622. The third-order valence-electron chi connectivity index (χ3n) is 5.26. The van der Waals surface area contributed by atoms with Crippen molar-refractivity contribution in [1.29, 1.82) is 0 Å². The van der Waals surface area contributed by atoms with E-state index >= 15 is 0 Å². The van der Waals surface area contributed by atoms with Gasteiger partial charge in [-0.3, -0.25) is 4.99 Å². The monoisotopic (exact) mass is 477 g/mol. The van der Waals surface area contributed by atoms with Crippen LogP contribution in [0.2, 0.25) is 19.6 Å². The Balaban J connectivity index is 0.000000701. The van der Waals surface area contributed by atoms with Crippen LogP contribution >= 0.6 is 17.0 Å². The molecule has 3 unspecified atom stereocenters. The molecule has 25 heavy (non-hydrogen) atoms. The van der Waals surface area contributed by atoms with Gasteiger partial charge >= 0.3 is 37.9 Å². The standard InChI is InChI=1S/C18H27NO2Si.2ClH.Zr/c1-21-15-9-14(18(20)17(10-15)22(2,3)4)11-19-16-8-12-5-6-13(16)7-12;;;/h9-13,16,20H,5-8H2,1-4H3;2*1H;/q;;;+2/p-2. The van der Waals surface area contributed by atoms with Gasteiger partial charge in [0.15, 0.2) is 0 Å². The minimum atomic E-state index is -1.62. The molecule has 2 fully saturated rings. The Labute approximate surface area is 170 Å². The Hall–Kier alpha value is 0.170. The van der Waals surface area contributed by atoms with Gasteiger partial charge in [0.25, 0.3) is 0 Å². The quantitative estimate of drug-likeness (QED) is 0.492. The van der Waals surface area contributed by atoms with E-state index in [0.29, 0.717) is 11.8 Å². The molecule has 0 saturated heterocycles. The second kappa shape index (κ2) is 9.39. The summed E-state index contributed by atoms with van der Waals surface area (Å²) in [6, 6.07) is 4.34. The first-order valence-electron chi connectivity index (χ1n) is 8.71. The molecule has 2 saturated carbocycles. The molecule has 3 nitrogen and oxygen atoms in total. The molecule has 3 rings (SSSR count). The van der Waals surface area contributed by atoms with Crippen LogP contribution in [0.4, 0.5) is 0 Å². The van der Waals surface area contributed by atoms with Gasteiger partial charge in [-0.05, 0) is 48.4 Å². The average molecular weight is 480 g/mol. The van der Waals surface area contributed by atoms with Gasteiger partial charge in [0.1, 0.15) is 11.5 Å². The number of nitrogens with zero attached hydrogens (tertiary/aromatic N) is 1. The number of aliphatic imine (C=N–C) groups is 1. The van der Waals surface area contributed by atoms with E-state index in [2.05, 4.69) is 19.6 Å². The molecule has 138 valence electrons. The molecule has 3 atom stereocenters. The van der Waals surface area contributed by atoms with Crippen LogP contribution in [-0.4, -0.2) is 32.5 Å². The van der Waals surface area contributed by atoms with Gasteiger partial charge < -0.3 is 9.84 Å². The fraction of sp³-hybridized carbons (Fsp3) is 0.611. The predicted octanol–water partition coefficient (Wildman–Crippen LogP) is 4.93. The van der Waals surface area contributed by atoms with Crippen molar-refractivity contribution in [1.82, 2.24) is 0 Å². The maximum atomic E-state index is 10.6. The molecule has 0 amide bonds. The molecule has 0 heterocycles. The number of phenols is 1. The normalized spacial score (nSPS) is 25.0. The number of hydrogen-bond donors (Lipinski definition) is 1. The summed E-state index contributed by atoms with van der Waals surface area (Å²) in [5.74, 6) is 2.87. The summed E-state index contributed by atoms with van der Waals surface area (Å²) in [5.41, 5.74) is 0.805. The van der Waals surface area contributed by atoms with Crippen LogP contribution in [0.3, 0.4) is 0 Å². The molecule has 0 aliphatic heterocycles. The zero-order valence-corrected chi connectivity index (χ0v) is 20.3. The van der Waals surface area contributed by atoms with Crippen molar-refractivity contribution < 1.29 is 30.7 Å². The maximum absolute atomic E-state index is 10.6. The van der Waals surface area contributed by atoms with Crippen LogP contribution < -0.4 is 9.92 Å². The Morgan fingerprint density at radius 1 is 1.24 bits per heavy atom. The molecule has 2 bridgehead atoms. The molecule has 2 aliphatic carbocycles. The summed E-state index contributed by atoms with van der Waals surface area (Å²) in [6.07, 6.45) is 7.18. The van der Waals surface area contributed by atoms with Gasteiger partial charge in [-0.15, -0.1) is 0 Å². The first-order valence-corrected chi connectivity index (χ1v) is 18.5. The zero-order chi connectivity index (χ0) is 18.6. The van der Waals surface area contributed by atoms with Crippen molar-refractivity contribution in [2.45, 2.75) is 51.4 Å². The molecular formula is C18H27Cl2NO2SiZr. The van der Waals surface area contributed by atoms with Crippen molar-refractivity contribution in [3.05, 3.63) is 17.7 Å². The number of aromatic hydroxyl groups is 1. The van der Waals surface area contributed by atoms with Crippen molar-refractivity contribution >= 4 is 36.5 Å². The summed E-state index contributed by atoms with van der Waals surface area (Å²) in [6.45, 7) is 6.70. The van der Waals surface area contributed by atoms with Crippen LogP contribution in [0, 0.1) is 11.8 Å². The summed E-state index contributed by atoms with van der Waals surface area (Å²) in [5, 5.41) is 11.7. The minimum absolute atomic E-state index is 0.395. The summed E-state index contributed by atoms with van der Waals surface area (Å²) < 4.78 is 5.42. The fourth-order valence-corrected chi connectivity index (χ4v) is 5.42. The third kappa shape index (κ3) is 5.57. The van der Waals surface area contributed by atoms with Gasteiger partial charge in [-0.2, -0.15) is 0 Å². The molecular weight excluding hydrogens is 452 g/mol. The molecule has 0 radical (unpaired) electrons. The van der Waals surface area contributed by atoms with E-state index in [-0.39, 0.29) is 0 Å². The molecule has 2 aliphatic rings. The van der Waals surface area contributed by atoms with Crippen molar-refractivity contribution in [2.24, 2.45) is 16.8 Å². The fourth-order valence-electron chi connectivity index (χ4n) is 3.99. The number of phenolic OH excluding ortho intramolecular Hbond substituents is 1. The Kier molecular flexibility index (Phi) is 8.07. The number of benzene rings is 1. The van der Waals surface area contributed by atoms with Gasteiger partial charge in [-0.25, -0.2) is 0 Å². The third-order valence-corrected chi connectivity index (χ3v) is 7.26. The van der Waals surface area contributed by atoms with Crippen molar-refractivity contribution in [3.8, 4) is 11.5 Å². The summed E-state index contributed by atoms with van der Waals surface area (Å²) in [4.78, 5) is 4.81. The number of hydrogen-bond acceptors (Lipinski definition) is 3. The van der Waals surface area contributed by atoms with E-state index in [0.717, 1.165) is 28.3 Å². The number of fused-ring (bicyclic) bond motifs is 2. The van der Waals surface area contributed by atoms with Crippen molar-refractivity contribution in [3.63, 3.8) is 0 Å². The van der Waals surface area contributed by atoms with Crippen LogP contribution in [0.25, 0.3) is 0 Å². The first kappa shape index (κ1) is 21.5. The van der Waals surface area contributed by atoms with Crippen LogP contribution in [0.1, 0.15) is 31.2 Å². The number of halogens is 2. The van der Waals surface area contributed by atoms with Crippen LogP contribution in [0.5, 0.6) is 11.5 Å². The molecule has 0 aromatic heterocycles. The van der Waals surface area contributed by atoms with Gasteiger partial charge in [0.2, 0.25) is 0 Å². The van der Waals surface area contributed by atoms with E-state index in [4.69, 9.17) is 26.8 Å². The van der Waals surface area contributed by atoms with Gasteiger partial charge in [0.05, 0.1) is 21.2 Å². The Morgan fingerprint density at radius 3 is 2.40 bits per heavy atom. The Morgan fingerprint density at radius 2 is 1.92 bits per heavy atom. The van der Waals surface area contributed by atoms with Crippen LogP contribution in [-0.2, 0) is 20.8 Å². The number of methoxy groups -OCH3 is 1. The topological polar surface area (TPSA) is 41.8 Å². The number of rotatable bonds is 4. The van der Waals surface area contributed by atoms with Crippen molar-refractivity contribution in [2.75, 3.05) is 7.11 Å². The summed E-state index contributed by atoms with van der Waals surface area (Å²) in [7, 11) is 9.92. The number of ether oxygens (including phenoxy) is 1. The van der Waals surface area contributed by atoms with E-state index in [1.165, 1.54) is 25.7 Å².